The SMILES string of the molecule is CC/C=C\C/C=C\C/C=C\C/C=C\C/C=C\CCCCCCCC(=O)[O-]. The molecule has 0 aliphatic carbocycles. The van der Waals surface area contributed by atoms with Crippen molar-refractivity contribution >= 4 is 5.97 Å². The molecule has 0 aliphatic heterocycles. The number of carbonyl (C=O) groups excluding carboxylic acids is 1. The Morgan fingerprint density at radius 2 is 1.04 bits per heavy atom. The largest absolute Gasteiger partial charge is 0.550 e. The van der Waals surface area contributed by atoms with E-state index in [2.05, 4.69) is 67.7 Å². The molecule has 0 amide bonds. The first-order chi connectivity index (χ1) is 12.8. The van der Waals surface area contributed by atoms with Crippen LogP contribution in [0, 0.1) is 0 Å². The third-order valence-corrected chi connectivity index (χ3v) is 3.91. The highest BCUT2D eigenvalue weighted by Crippen LogP contribution is 2.07. The minimum atomic E-state index is -0.927. The lowest BCUT2D eigenvalue weighted by molar-refractivity contribution is -0.305. The Morgan fingerprint density at radius 3 is 1.54 bits per heavy atom. The standard InChI is InChI=1S/C24H38O2/c1-2-3-4-5-6-7-8-9-10-11-12-13-14-15-16-17-18-19-20-21-22-23-24(25)26/h3-4,6-7,9-10,12-13,15-16H,2,5,8,11,14,17-23H2,1H3,(H,25,26)/p-1/b4-3-,7-6-,10-9-,13-12-,16-15-. The fraction of sp³-hybridized carbons (Fsp3) is 0.542. The van der Waals surface area contributed by atoms with Gasteiger partial charge in [-0.2, -0.15) is 0 Å². The highest BCUT2D eigenvalue weighted by atomic mass is 16.4. The molecule has 0 radical (unpaired) electrons. The van der Waals surface area contributed by atoms with Crippen molar-refractivity contribution in [1.29, 1.82) is 0 Å². The van der Waals surface area contributed by atoms with Crippen LogP contribution < -0.4 is 5.11 Å². The molecule has 146 valence electrons. The normalized spacial score (nSPS) is 12.7. The number of hydrogen-bond donors (Lipinski definition) is 0. The molecule has 0 aliphatic rings. The predicted octanol–water partition coefficient (Wildman–Crippen LogP) is 6.22. The number of unbranched alkanes of at least 4 members (excludes halogenated alkanes) is 5. The first-order valence-electron chi connectivity index (χ1n) is 10.2. The van der Waals surface area contributed by atoms with Gasteiger partial charge in [-0.3, -0.25) is 0 Å². The van der Waals surface area contributed by atoms with Crippen molar-refractivity contribution in [1.82, 2.24) is 0 Å². The lowest BCUT2D eigenvalue weighted by Gasteiger charge is -2.01. The van der Waals surface area contributed by atoms with E-state index < -0.39 is 5.97 Å². The van der Waals surface area contributed by atoms with Crippen molar-refractivity contribution < 1.29 is 9.90 Å². The number of carboxylic acids is 1. The molecule has 0 saturated heterocycles. The highest BCUT2D eigenvalue weighted by molar-refractivity contribution is 5.64. The number of allylic oxidation sites excluding steroid dienone is 10. The summed E-state index contributed by atoms with van der Waals surface area (Å²) in [5, 5.41) is 10.3. The van der Waals surface area contributed by atoms with E-state index in [1.807, 2.05) is 0 Å². The lowest BCUT2D eigenvalue weighted by atomic mass is 10.1. The monoisotopic (exact) mass is 357 g/mol. The Morgan fingerprint density at radius 1 is 0.615 bits per heavy atom. The molecular weight excluding hydrogens is 320 g/mol. The van der Waals surface area contributed by atoms with Gasteiger partial charge in [0.15, 0.2) is 0 Å². The number of carboxylic acid groups (broad SMARTS) is 1. The van der Waals surface area contributed by atoms with E-state index in [-0.39, 0.29) is 6.42 Å². The Kier molecular flexibility index (Phi) is 19.7. The zero-order valence-corrected chi connectivity index (χ0v) is 16.6. The second kappa shape index (κ2) is 21.2. The predicted molar refractivity (Wildman–Crippen MR) is 112 cm³/mol. The molecule has 0 atom stereocenters. The van der Waals surface area contributed by atoms with Crippen LogP contribution in [-0.4, -0.2) is 5.97 Å². The average molecular weight is 358 g/mol. The van der Waals surface area contributed by atoms with Gasteiger partial charge in [0, 0.05) is 5.97 Å². The van der Waals surface area contributed by atoms with Crippen molar-refractivity contribution in [3.63, 3.8) is 0 Å². The van der Waals surface area contributed by atoms with Gasteiger partial charge in [-0.1, -0.05) is 86.9 Å². The van der Waals surface area contributed by atoms with Gasteiger partial charge in [-0.15, -0.1) is 0 Å². The van der Waals surface area contributed by atoms with Gasteiger partial charge in [0.2, 0.25) is 0 Å². The minimum absolute atomic E-state index is 0.203. The summed E-state index contributed by atoms with van der Waals surface area (Å²) in [6.07, 6.45) is 33.9. The maximum absolute atomic E-state index is 10.3. The van der Waals surface area contributed by atoms with Gasteiger partial charge in [-0.05, 0) is 57.8 Å². The molecule has 2 heteroatoms. The average Bonchev–Trinajstić information content (AvgIpc) is 2.62. The summed E-state index contributed by atoms with van der Waals surface area (Å²) < 4.78 is 0. The van der Waals surface area contributed by atoms with E-state index in [1.165, 1.54) is 12.8 Å². The maximum Gasteiger partial charge on any atom is 0.0414 e. The van der Waals surface area contributed by atoms with Crippen LogP contribution in [0.3, 0.4) is 0 Å². The Labute approximate surface area is 161 Å². The summed E-state index contributed by atoms with van der Waals surface area (Å²) in [4.78, 5) is 10.3. The zero-order chi connectivity index (χ0) is 19.1. The fourth-order valence-corrected chi connectivity index (χ4v) is 2.43. The Hall–Kier alpha value is -1.83. The maximum atomic E-state index is 10.3. The second-order valence-electron chi connectivity index (χ2n) is 6.39. The third-order valence-electron chi connectivity index (χ3n) is 3.91. The summed E-state index contributed by atoms with van der Waals surface area (Å²) in [5.41, 5.74) is 0. The van der Waals surface area contributed by atoms with Gasteiger partial charge < -0.3 is 9.90 Å². The van der Waals surface area contributed by atoms with E-state index in [0.717, 1.165) is 57.8 Å². The Balaban J connectivity index is 3.38. The first kappa shape index (κ1) is 24.2. The van der Waals surface area contributed by atoms with Crippen LogP contribution in [0.2, 0.25) is 0 Å². The van der Waals surface area contributed by atoms with E-state index in [4.69, 9.17) is 0 Å². The van der Waals surface area contributed by atoms with Crippen LogP contribution in [0.15, 0.2) is 60.8 Å². The molecule has 0 rings (SSSR count). The van der Waals surface area contributed by atoms with Crippen LogP contribution in [0.5, 0.6) is 0 Å². The summed E-state index contributed by atoms with van der Waals surface area (Å²) in [6, 6.07) is 0. The molecule has 0 aromatic carbocycles. The summed E-state index contributed by atoms with van der Waals surface area (Å²) in [6.45, 7) is 2.15. The molecule has 0 aromatic heterocycles. The van der Waals surface area contributed by atoms with Gasteiger partial charge in [-0.25, -0.2) is 0 Å². The number of carbonyl (C=O) groups is 1. The van der Waals surface area contributed by atoms with Crippen molar-refractivity contribution in [2.75, 3.05) is 0 Å². The third kappa shape index (κ3) is 22.2. The molecule has 0 aromatic rings. The smallest absolute Gasteiger partial charge is 0.0414 e. The molecule has 0 N–H and O–H groups in total. The van der Waals surface area contributed by atoms with Crippen LogP contribution in [0.25, 0.3) is 0 Å². The fourth-order valence-electron chi connectivity index (χ4n) is 2.43. The van der Waals surface area contributed by atoms with Gasteiger partial charge >= 0.3 is 0 Å². The van der Waals surface area contributed by atoms with Crippen LogP contribution >= 0.6 is 0 Å². The molecule has 0 saturated carbocycles. The van der Waals surface area contributed by atoms with Gasteiger partial charge in [0.25, 0.3) is 0 Å². The van der Waals surface area contributed by atoms with Gasteiger partial charge in [0.1, 0.15) is 0 Å². The van der Waals surface area contributed by atoms with Crippen LogP contribution in [-0.2, 0) is 4.79 Å². The molecule has 26 heavy (non-hydrogen) atoms. The molecule has 0 spiro atoms. The summed E-state index contributed by atoms with van der Waals surface area (Å²) in [5.74, 6) is -0.927. The minimum Gasteiger partial charge on any atom is -0.550 e. The molecular formula is C24H37O2-. The second-order valence-corrected chi connectivity index (χ2v) is 6.39. The topological polar surface area (TPSA) is 40.1 Å². The van der Waals surface area contributed by atoms with Crippen molar-refractivity contribution in [2.24, 2.45) is 0 Å². The quantitative estimate of drug-likeness (QED) is 0.229. The molecule has 0 heterocycles. The molecule has 0 fully saturated rings. The van der Waals surface area contributed by atoms with Crippen LogP contribution in [0.4, 0.5) is 0 Å². The van der Waals surface area contributed by atoms with E-state index in [0.29, 0.717) is 0 Å². The highest BCUT2D eigenvalue weighted by Gasteiger charge is 1.90. The van der Waals surface area contributed by atoms with E-state index in [9.17, 15) is 9.90 Å². The zero-order valence-electron chi connectivity index (χ0n) is 16.6. The molecule has 0 unspecified atom stereocenters. The van der Waals surface area contributed by atoms with Crippen molar-refractivity contribution in [2.45, 2.75) is 84.0 Å². The first-order valence-corrected chi connectivity index (χ1v) is 10.2. The van der Waals surface area contributed by atoms with Gasteiger partial charge in [0.05, 0.1) is 0 Å². The molecule has 2 nitrogen and oxygen atoms in total. The number of hydrogen-bond acceptors (Lipinski definition) is 2. The number of aliphatic carboxylic acids is 1. The molecule has 0 bridgehead atoms. The summed E-state index contributed by atoms with van der Waals surface area (Å²) in [7, 11) is 0. The van der Waals surface area contributed by atoms with Crippen molar-refractivity contribution in [3.05, 3.63) is 60.8 Å². The van der Waals surface area contributed by atoms with E-state index >= 15 is 0 Å². The lowest BCUT2D eigenvalue weighted by Crippen LogP contribution is -2.21. The number of rotatable bonds is 17. The van der Waals surface area contributed by atoms with Crippen molar-refractivity contribution in [3.8, 4) is 0 Å². The Bertz CT molecular complexity index is 453. The summed E-state index contributed by atoms with van der Waals surface area (Å²) >= 11 is 0. The van der Waals surface area contributed by atoms with E-state index in [1.54, 1.807) is 0 Å². The van der Waals surface area contributed by atoms with Crippen LogP contribution in [0.1, 0.15) is 84.0 Å².